The molecule has 1 aromatic carbocycles. The second-order valence-electron chi connectivity index (χ2n) is 4.98. The van der Waals surface area contributed by atoms with Gasteiger partial charge in [-0.15, -0.1) is 10.2 Å². The predicted molar refractivity (Wildman–Crippen MR) is 107 cm³/mol. The zero-order chi connectivity index (χ0) is 18.0. The first-order valence-corrected chi connectivity index (χ1v) is 10.4. The topological polar surface area (TPSA) is 80.1 Å². The summed E-state index contributed by atoms with van der Waals surface area (Å²) in [5.41, 5.74) is 4.56. The second kappa shape index (κ2) is 10.0. The molecule has 0 fully saturated rings. The molecule has 6 nitrogen and oxygen atoms in total. The number of aromatic nitrogens is 3. The van der Waals surface area contributed by atoms with Gasteiger partial charge in [-0.3, -0.25) is 9.78 Å². The first-order chi connectivity index (χ1) is 12.8. The number of pyridine rings is 1. The normalized spacial score (nSPS) is 10.9. The molecule has 2 aromatic heterocycles. The van der Waals surface area contributed by atoms with Gasteiger partial charge in [0, 0.05) is 23.7 Å². The predicted octanol–water partition coefficient (Wildman–Crippen LogP) is 3.47. The maximum absolute atomic E-state index is 11.8. The number of nitrogens with one attached hydrogen (secondary N) is 1. The van der Waals surface area contributed by atoms with Crippen molar-refractivity contribution in [1.29, 1.82) is 0 Å². The molecule has 0 saturated carbocycles. The summed E-state index contributed by atoms with van der Waals surface area (Å²) in [5, 5.41) is 12.2. The van der Waals surface area contributed by atoms with E-state index in [1.54, 1.807) is 30.4 Å². The summed E-state index contributed by atoms with van der Waals surface area (Å²) in [7, 11) is 0. The van der Waals surface area contributed by atoms with Gasteiger partial charge in [0.2, 0.25) is 0 Å². The van der Waals surface area contributed by atoms with E-state index in [1.165, 1.54) is 28.7 Å². The largest absolute Gasteiger partial charge is 0.272 e. The Morgan fingerprint density at radius 1 is 1.12 bits per heavy atom. The summed E-state index contributed by atoms with van der Waals surface area (Å²) in [6.45, 7) is 0. The van der Waals surface area contributed by atoms with Gasteiger partial charge in [-0.25, -0.2) is 5.43 Å². The summed E-state index contributed by atoms with van der Waals surface area (Å²) < 4.78 is 1.67. The minimum absolute atomic E-state index is 0.191. The molecule has 0 unspecified atom stereocenters. The van der Waals surface area contributed by atoms with Gasteiger partial charge in [0.25, 0.3) is 5.91 Å². The zero-order valence-corrected chi connectivity index (χ0v) is 16.1. The lowest BCUT2D eigenvalue weighted by atomic mass is 10.2. The van der Waals surface area contributed by atoms with Crippen molar-refractivity contribution in [3.63, 3.8) is 0 Å². The first-order valence-electron chi connectivity index (χ1n) is 7.64. The van der Waals surface area contributed by atoms with Crippen LogP contribution in [0.3, 0.4) is 0 Å². The number of hydrazone groups is 1. The molecule has 132 valence electrons. The summed E-state index contributed by atoms with van der Waals surface area (Å²) >= 11 is 4.48. The summed E-state index contributed by atoms with van der Waals surface area (Å²) in [5.74, 6) is 0.898. The van der Waals surface area contributed by atoms with E-state index in [9.17, 15) is 4.79 Å². The number of carbonyl (C=O) groups is 1. The van der Waals surface area contributed by atoms with Crippen molar-refractivity contribution in [3.05, 3.63) is 66.0 Å². The van der Waals surface area contributed by atoms with E-state index in [4.69, 9.17) is 0 Å². The molecule has 9 heteroatoms. The van der Waals surface area contributed by atoms with Gasteiger partial charge in [0.05, 0.1) is 12.0 Å². The number of benzene rings is 1. The van der Waals surface area contributed by atoms with Crippen molar-refractivity contribution in [2.45, 2.75) is 14.4 Å². The number of carbonyl (C=O) groups excluding carboxylic acids is 1. The van der Waals surface area contributed by atoms with Crippen LogP contribution < -0.4 is 5.43 Å². The third-order valence-corrected chi connectivity index (χ3v) is 6.27. The van der Waals surface area contributed by atoms with Crippen LogP contribution in [0.2, 0.25) is 0 Å². The van der Waals surface area contributed by atoms with Gasteiger partial charge < -0.3 is 0 Å². The highest BCUT2D eigenvalue weighted by atomic mass is 32.2. The SMILES string of the molecule is O=C(CSc1nnc(SCc2ccccc2)s1)NN=Cc1cccnc1. The highest BCUT2D eigenvalue weighted by Gasteiger charge is 2.08. The number of hydrogen-bond acceptors (Lipinski definition) is 8. The van der Waals surface area contributed by atoms with Crippen LogP contribution in [0.5, 0.6) is 0 Å². The molecule has 1 N–H and O–H groups in total. The van der Waals surface area contributed by atoms with E-state index in [2.05, 4.69) is 37.8 Å². The lowest BCUT2D eigenvalue weighted by Gasteiger charge is -1.97. The smallest absolute Gasteiger partial charge is 0.250 e. The van der Waals surface area contributed by atoms with E-state index in [0.29, 0.717) is 0 Å². The lowest BCUT2D eigenvalue weighted by molar-refractivity contribution is -0.118. The highest BCUT2D eigenvalue weighted by molar-refractivity contribution is 8.03. The monoisotopic (exact) mass is 401 g/mol. The number of nitrogens with zero attached hydrogens (tertiary/aromatic N) is 4. The van der Waals surface area contributed by atoms with E-state index in [0.717, 1.165) is 20.0 Å². The Hall–Kier alpha value is -2.23. The van der Waals surface area contributed by atoms with Gasteiger partial charge in [-0.05, 0) is 11.6 Å². The standard InChI is InChI=1S/C17H15N5OS3/c23-15(20-19-10-14-7-4-8-18-9-14)12-25-17-22-21-16(26-17)24-11-13-5-2-1-3-6-13/h1-10H,11-12H2,(H,20,23). The minimum atomic E-state index is -0.191. The average Bonchev–Trinajstić information content (AvgIpc) is 3.14. The van der Waals surface area contributed by atoms with E-state index in [1.807, 2.05) is 30.3 Å². The molecule has 1 amide bonds. The van der Waals surface area contributed by atoms with Gasteiger partial charge in [-0.1, -0.05) is 71.3 Å². The Morgan fingerprint density at radius 2 is 1.92 bits per heavy atom. The summed E-state index contributed by atoms with van der Waals surface area (Å²) in [6.07, 6.45) is 4.90. The van der Waals surface area contributed by atoms with Crippen molar-refractivity contribution in [2.24, 2.45) is 5.10 Å². The Balaban J connectivity index is 1.40. The molecule has 0 aliphatic carbocycles. The number of amides is 1. The Labute approximate surface area is 163 Å². The summed E-state index contributed by atoms with van der Waals surface area (Å²) in [6, 6.07) is 13.9. The Kier molecular flexibility index (Phi) is 7.17. The van der Waals surface area contributed by atoms with Crippen molar-refractivity contribution >= 4 is 47.0 Å². The fourth-order valence-electron chi connectivity index (χ4n) is 1.82. The number of hydrogen-bond donors (Lipinski definition) is 1. The van der Waals surface area contributed by atoms with Gasteiger partial charge in [0.15, 0.2) is 8.68 Å². The van der Waals surface area contributed by atoms with E-state index >= 15 is 0 Å². The van der Waals surface area contributed by atoms with Crippen LogP contribution in [0.4, 0.5) is 0 Å². The number of thioether (sulfide) groups is 2. The minimum Gasteiger partial charge on any atom is -0.272 e. The average molecular weight is 402 g/mol. The summed E-state index contributed by atoms with van der Waals surface area (Å²) in [4.78, 5) is 15.8. The quantitative estimate of drug-likeness (QED) is 0.354. The fourth-order valence-corrected chi connectivity index (χ4v) is 4.59. The van der Waals surface area contributed by atoms with Crippen LogP contribution in [0.15, 0.2) is 68.6 Å². The molecule has 3 rings (SSSR count). The van der Waals surface area contributed by atoms with E-state index in [-0.39, 0.29) is 11.7 Å². The Bertz CT molecular complexity index is 855. The maximum Gasteiger partial charge on any atom is 0.250 e. The van der Waals surface area contributed by atoms with Crippen LogP contribution in [0.1, 0.15) is 11.1 Å². The van der Waals surface area contributed by atoms with Crippen LogP contribution in [0.25, 0.3) is 0 Å². The van der Waals surface area contributed by atoms with E-state index < -0.39 is 0 Å². The molecule has 0 aliphatic heterocycles. The third kappa shape index (κ3) is 6.25. The van der Waals surface area contributed by atoms with Gasteiger partial charge >= 0.3 is 0 Å². The van der Waals surface area contributed by atoms with Crippen molar-refractivity contribution < 1.29 is 4.79 Å². The molecule has 0 aliphatic rings. The molecule has 3 aromatic rings. The molecule has 0 saturated heterocycles. The van der Waals surface area contributed by atoms with Crippen LogP contribution in [-0.2, 0) is 10.5 Å². The fraction of sp³-hybridized carbons (Fsp3) is 0.118. The molecule has 2 heterocycles. The molecule has 0 atom stereocenters. The van der Waals surface area contributed by atoms with Crippen molar-refractivity contribution in [2.75, 3.05) is 5.75 Å². The van der Waals surface area contributed by atoms with Gasteiger partial charge in [-0.2, -0.15) is 5.10 Å². The third-order valence-electron chi connectivity index (χ3n) is 3.01. The number of rotatable bonds is 8. The van der Waals surface area contributed by atoms with Gasteiger partial charge in [0.1, 0.15) is 0 Å². The molecular weight excluding hydrogens is 386 g/mol. The molecule has 0 bridgehead atoms. The van der Waals surface area contributed by atoms with Crippen molar-refractivity contribution in [3.8, 4) is 0 Å². The highest BCUT2D eigenvalue weighted by Crippen LogP contribution is 2.30. The maximum atomic E-state index is 11.8. The van der Waals surface area contributed by atoms with Crippen LogP contribution in [0, 0.1) is 0 Å². The van der Waals surface area contributed by atoms with Crippen LogP contribution in [-0.4, -0.2) is 33.1 Å². The molecule has 26 heavy (non-hydrogen) atoms. The second-order valence-corrected chi connectivity index (χ2v) is 8.40. The molecular formula is C17H15N5OS3. The molecule has 0 radical (unpaired) electrons. The van der Waals surface area contributed by atoms with Crippen LogP contribution >= 0.6 is 34.9 Å². The lowest BCUT2D eigenvalue weighted by Crippen LogP contribution is -2.19. The van der Waals surface area contributed by atoms with Crippen molar-refractivity contribution in [1.82, 2.24) is 20.6 Å². The zero-order valence-electron chi connectivity index (χ0n) is 13.6. The first kappa shape index (κ1) is 18.6. The molecule has 0 spiro atoms. The Morgan fingerprint density at radius 3 is 2.69 bits per heavy atom.